The molecule has 0 spiro atoms. The van der Waals surface area contributed by atoms with Crippen LogP contribution in [0, 0.1) is 5.92 Å². The topological polar surface area (TPSA) is 55.6 Å². The average Bonchev–Trinajstić information content (AvgIpc) is 2.13. The molecule has 2 saturated heterocycles. The van der Waals surface area contributed by atoms with E-state index in [2.05, 4.69) is 0 Å². The smallest absolute Gasteiger partial charge is 0.228 e. The fourth-order valence-electron chi connectivity index (χ4n) is 1.89. The number of amides is 1. The van der Waals surface area contributed by atoms with Gasteiger partial charge >= 0.3 is 0 Å². The first-order chi connectivity index (χ1) is 6.27. The third-order valence-electron chi connectivity index (χ3n) is 2.73. The van der Waals surface area contributed by atoms with Crippen molar-refractivity contribution in [3.8, 4) is 0 Å². The minimum atomic E-state index is 0.0984. The Hall–Kier alpha value is -0.610. The fourth-order valence-corrected chi connectivity index (χ4v) is 1.89. The van der Waals surface area contributed by atoms with E-state index < -0.39 is 0 Å². The van der Waals surface area contributed by atoms with Gasteiger partial charge in [0.15, 0.2) is 0 Å². The highest BCUT2D eigenvalue weighted by molar-refractivity contribution is 5.80. The number of carbonyl (C=O) groups is 1. The Kier molecular flexibility index (Phi) is 2.51. The predicted octanol–water partition coefficient (Wildman–Crippen LogP) is -0.418. The molecule has 1 unspecified atom stereocenters. The summed E-state index contributed by atoms with van der Waals surface area (Å²) in [5.74, 6) is 0.336. The Morgan fingerprint density at radius 3 is 2.77 bits per heavy atom. The van der Waals surface area contributed by atoms with Crippen molar-refractivity contribution in [2.45, 2.75) is 18.9 Å². The lowest BCUT2D eigenvalue weighted by atomic mass is 9.98. The van der Waals surface area contributed by atoms with Gasteiger partial charge in [-0.2, -0.15) is 0 Å². The molecule has 4 nitrogen and oxygen atoms in total. The van der Waals surface area contributed by atoms with Gasteiger partial charge in [0.2, 0.25) is 5.91 Å². The lowest BCUT2D eigenvalue weighted by molar-refractivity contribution is -0.144. The number of carbonyl (C=O) groups excluding carboxylic acids is 1. The van der Waals surface area contributed by atoms with Crippen molar-refractivity contribution in [3.63, 3.8) is 0 Å². The van der Waals surface area contributed by atoms with Crippen LogP contribution in [0.3, 0.4) is 0 Å². The molecule has 74 valence electrons. The molecule has 0 aromatic rings. The summed E-state index contributed by atoms with van der Waals surface area (Å²) in [4.78, 5) is 13.6. The molecular weight excluding hydrogens is 168 g/mol. The molecule has 2 N–H and O–H groups in total. The van der Waals surface area contributed by atoms with Crippen molar-refractivity contribution >= 4 is 5.91 Å². The zero-order valence-corrected chi connectivity index (χ0v) is 7.74. The second-order valence-corrected chi connectivity index (χ2v) is 3.92. The molecule has 13 heavy (non-hydrogen) atoms. The van der Waals surface area contributed by atoms with Crippen LogP contribution < -0.4 is 5.73 Å². The minimum absolute atomic E-state index is 0.0984. The van der Waals surface area contributed by atoms with Crippen molar-refractivity contribution < 1.29 is 9.53 Å². The molecule has 0 aromatic heterocycles. The average molecular weight is 184 g/mol. The van der Waals surface area contributed by atoms with E-state index in [4.69, 9.17) is 10.5 Å². The van der Waals surface area contributed by atoms with Gasteiger partial charge in [-0.15, -0.1) is 0 Å². The summed E-state index contributed by atoms with van der Waals surface area (Å²) in [6.07, 6.45) is 1.99. The van der Waals surface area contributed by atoms with E-state index in [1.807, 2.05) is 4.90 Å². The molecule has 2 aliphatic heterocycles. The Morgan fingerprint density at radius 2 is 2.23 bits per heavy atom. The lowest BCUT2D eigenvalue weighted by Gasteiger charge is -2.39. The van der Waals surface area contributed by atoms with Crippen LogP contribution in [0.25, 0.3) is 0 Å². The van der Waals surface area contributed by atoms with E-state index >= 15 is 0 Å². The highest BCUT2D eigenvalue weighted by Gasteiger charge is 2.33. The first kappa shape index (κ1) is 8.97. The van der Waals surface area contributed by atoms with Crippen molar-refractivity contribution in [3.05, 3.63) is 0 Å². The van der Waals surface area contributed by atoms with E-state index in [0.717, 1.165) is 32.5 Å². The van der Waals surface area contributed by atoms with E-state index in [-0.39, 0.29) is 17.9 Å². The Morgan fingerprint density at radius 1 is 1.46 bits per heavy atom. The first-order valence-corrected chi connectivity index (χ1v) is 4.89. The summed E-state index contributed by atoms with van der Waals surface area (Å²) in [5, 5.41) is 0. The standard InChI is InChI=1S/C9H16N2O2/c10-8-4-11(5-8)9(12)7-2-1-3-13-6-7/h7-8H,1-6,10H2. The maximum absolute atomic E-state index is 11.7. The van der Waals surface area contributed by atoms with E-state index in [0.29, 0.717) is 6.61 Å². The first-order valence-electron chi connectivity index (χ1n) is 4.89. The Balaban J connectivity index is 1.82. The van der Waals surface area contributed by atoms with Gasteiger partial charge in [0.1, 0.15) is 0 Å². The van der Waals surface area contributed by atoms with Gasteiger partial charge in [0.25, 0.3) is 0 Å². The maximum Gasteiger partial charge on any atom is 0.228 e. The van der Waals surface area contributed by atoms with E-state index in [9.17, 15) is 4.79 Å². The van der Waals surface area contributed by atoms with Crippen LogP contribution in [0.5, 0.6) is 0 Å². The van der Waals surface area contributed by atoms with Crippen molar-refractivity contribution in [2.75, 3.05) is 26.3 Å². The van der Waals surface area contributed by atoms with Gasteiger partial charge in [0.05, 0.1) is 12.5 Å². The lowest BCUT2D eigenvalue weighted by Crippen LogP contribution is -2.59. The summed E-state index contributed by atoms with van der Waals surface area (Å²) < 4.78 is 5.27. The molecule has 0 aromatic carbocycles. The molecule has 0 bridgehead atoms. The molecule has 2 rings (SSSR count). The van der Waals surface area contributed by atoms with Crippen molar-refractivity contribution in [2.24, 2.45) is 11.7 Å². The normalized spacial score (nSPS) is 29.9. The Labute approximate surface area is 78.0 Å². The second-order valence-electron chi connectivity index (χ2n) is 3.92. The zero-order chi connectivity index (χ0) is 9.26. The highest BCUT2D eigenvalue weighted by Crippen LogP contribution is 2.19. The number of nitrogens with zero attached hydrogens (tertiary/aromatic N) is 1. The summed E-state index contributed by atoms with van der Waals surface area (Å²) in [5.41, 5.74) is 5.61. The summed E-state index contributed by atoms with van der Waals surface area (Å²) in [6, 6.07) is 0.202. The highest BCUT2D eigenvalue weighted by atomic mass is 16.5. The minimum Gasteiger partial charge on any atom is -0.381 e. The van der Waals surface area contributed by atoms with Gasteiger partial charge in [-0.1, -0.05) is 0 Å². The Bertz CT molecular complexity index is 196. The predicted molar refractivity (Wildman–Crippen MR) is 48.1 cm³/mol. The molecule has 4 heteroatoms. The number of hydrogen-bond acceptors (Lipinski definition) is 3. The van der Waals surface area contributed by atoms with Crippen LogP contribution in [0.4, 0.5) is 0 Å². The summed E-state index contributed by atoms with van der Waals surface area (Å²) in [6.45, 7) is 2.87. The quantitative estimate of drug-likeness (QED) is 0.602. The fraction of sp³-hybridized carbons (Fsp3) is 0.889. The second kappa shape index (κ2) is 3.64. The number of likely N-dealkylation sites (tertiary alicyclic amines) is 1. The third kappa shape index (κ3) is 1.84. The van der Waals surface area contributed by atoms with E-state index in [1.165, 1.54) is 0 Å². The number of rotatable bonds is 1. The number of hydrogen-bond donors (Lipinski definition) is 1. The third-order valence-corrected chi connectivity index (χ3v) is 2.73. The van der Waals surface area contributed by atoms with Crippen molar-refractivity contribution in [1.82, 2.24) is 4.90 Å². The monoisotopic (exact) mass is 184 g/mol. The van der Waals surface area contributed by atoms with Gasteiger partial charge in [-0.25, -0.2) is 0 Å². The molecule has 0 aliphatic carbocycles. The van der Waals surface area contributed by atoms with Crippen LogP contribution in [0.2, 0.25) is 0 Å². The SMILES string of the molecule is NC1CN(C(=O)C2CCCOC2)C1. The van der Waals surface area contributed by atoms with Crippen LogP contribution >= 0.6 is 0 Å². The number of ether oxygens (including phenoxy) is 1. The molecule has 2 heterocycles. The van der Waals surface area contributed by atoms with Gasteiger partial charge in [-0.3, -0.25) is 4.79 Å². The molecule has 0 radical (unpaired) electrons. The largest absolute Gasteiger partial charge is 0.381 e. The van der Waals surface area contributed by atoms with Gasteiger partial charge in [0, 0.05) is 25.7 Å². The van der Waals surface area contributed by atoms with E-state index in [1.54, 1.807) is 0 Å². The molecular formula is C9H16N2O2. The molecule has 0 saturated carbocycles. The molecule has 2 aliphatic rings. The van der Waals surface area contributed by atoms with Crippen molar-refractivity contribution in [1.29, 1.82) is 0 Å². The summed E-state index contributed by atoms with van der Waals surface area (Å²) >= 11 is 0. The summed E-state index contributed by atoms with van der Waals surface area (Å²) in [7, 11) is 0. The van der Waals surface area contributed by atoms with Crippen LogP contribution in [0.15, 0.2) is 0 Å². The molecule has 1 atom stereocenters. The van der Waals surface area contributed by atoms with Gasteiger partial charge in [-0.05, 0) is 12.8 Å². The van der Waals surface area contributed by atoms with Crippen LogP contribution in [-0.4, -0.2) is 43.2 Å². The van der Waals surface area contributed by atoms with Gasteiger partial charge < -0.3 is 15.4 Å². The molecule has 2 fully saturated rings. The maximum atomic E-state index is 11.7. The zero-order valence-electron chi connectivity index (χ0n) is 7.74. The van der Waals surface area contributed by atoms with Crippen LogP contribution in [-0.2, 0) is 9.53 Å². The molecule has 1 amide bonds. The number of nitrogens with two attached hydrogens (primary N) is 1. The van der Waals surface area contributed by atoms with Crippen LogP contribution in [0.1, 0.15) is 12.8 Å².